The van der Waals surface area contributed by atoms with Crippen LogP contribution < -0.4 is 5.11 Å². The predicted molar refractivity (Wildman–Crippen MR) is 238 cm³/mol. The number of carbonyl (C=O) groups is 1. The van der Waals surface area contributed by atoms with Gasteiger partial charge in [0, 0.05) is 57.7 Å². The van der Waals surface area contributed by atoms with E-state index < -0.39 is 5.97 Å². The molecule has 2 atom stereocenters. The normalized spacial score (nSPS) is 12.2. The number of phenols is 2. The summed E-state index contributed by atoms with van der Waals surface area (Å²) in [6.45, 7) is 5.01. The second kappa shape index (κ2) is 19.1. The first-order valence-corrected chi connectivity index (χ1v) is 19.2. The van der Waals surface area contributed by atoms with E-state index in [4.69, 9.17) is 19.9 Å². The maximum atomic E-state index is 11.9. The number of hydrogen-bond acceptors (Lipinski definition) is 6. The molecule has 7 heteroatoms. The van der Waals surface area contributed by atoms with Gasteiger partial charge in [-0.15, -0.1) is 0 Å². The molecule has 0 spiro atoms. The average molecular weight is 815 g/mol. The minimum Gasteiger partial charge on any atom is -0.550 e. The quantitative estimate of drug-likeness (QED) is 0.112. The molecule has 0 saturated carbocycles. The first-order chi connectivity index (χ1) is 28.2. The number of phenolic OH excluding ortho intramolecular Hbond substituents is 2. The van der Waals surface area contributed by atoms with E-state index >= 15 is 0 Å². The summed E-state index contributed by atoms with van der Waals surface area (Å²) in [5.74, 6) is -0.706. The number of nitrogens with zero attached hydrogens (tertiary/aromatic N) is 2. The fourth-order valence-corrected chi connectivity index (χ4v) is 7.24. The zero-order valence-electron chi connectivity index (χ0n) is 33.0. The van der Waals surface area contributed by atoms with Gasteiger partial charge in [0.2, 0.25) is 0 Å². The minimum atomic E-state index is -1.08. The zero-order valence-corrected chi connectivity index (χ0v) is 34.1. The third-order valence-corrected chi connectivity index (χ3v) is 10.3. The third-order valence-electron chi connectivity index (χ3n) is 10.3. The molecule has 0 unspecified atom stereocenters. The van der Waals surface area contributed by atoms with Crippen LogP contribution in [0.2, 0.25) is 0 Å². The van der Waals surface area contributed by atoms with Gasteiger partial charge in [-0.25, -0.2) is 0 Å². The van der Waals surface area contributed by atoms with Gasteiger partial charge in [0.1, 0.15) is 11.5 Å². The van der Waals surface area contributed by atoms with Crippen molar-refractivity contribution in [3.05, 3.63) is 181 Å². The molecular weight excluding hydrogens is 772 g/mol. The van der Waals surface area contributed by atoms with Gasteiger partial charge < -0.3 is 20.1 Å². The Hall–Kier alpha value is -6.79. The Morgan fingerprint density at radius 2 is 0.814 bits per heavy atom. The maximum Gasteiger partial charge on any atom is 0.132 e. The summed E-state index contributed by atoms with van der Waals surface area (Å²) >= 11 is 0. The third kappa shape index (κ3) is 9.34. The van der Waals surface area contributed by atoms with Crippen molar-refractivity contribution in [3.63, 3.8) is 0 Å². The van der Waals surface area contributed by atoms with Gasteiger partial charge in [0.05, 0.1) is 12.1 Å². The molecule has 0 amide bonds. The standard InChI is InChI=1S/C50H40N2O2.C2H4O2.Mn/c1-33(51-31-39-29-37-21-9-11-25-43(37)47(49(39)53)45-27-15-13-23-41(45)35-17-5-3-6-18-35)34(2)52-32-40-30-38-22-10-12-26-44(38)48(50(40)54)46-28-16-14-24-42(46)36-19-7-4-8-20-36;1-2(3)4;/h3-34,53-54H,1-2H3;1H3,(H,3,4);/p-1/t33-,34-;;/m1../s1. The molecule has 8 aromatic rings. The average Bonchev–Trinajstić information content (AvgIpc) is 3.25. The Morgan fingerprint density at radius 1 is 0.508 bits per heavy atom. The van der Waals surface area contributed by atoms with Gasteiger partial charge in [0.15, 0.2) is 0 Å². The summed E-state index contributed by atoms with van der Waals surface area (Å²) in [4.78, 5) is 18.7. The number of benzene rings is 8. The Bertz CT molecular complexity index is 2590. The van der Waals surface area contributed by atoms with Crippen LogP contribution in [0.1, 0.15) is 31.9 Å². The van der Waals surface area contributed by atoms with E-state index in [1.165, 1.54) is 0 Å². The predicted octanol–water partition coefficient (Wildman–Crippen LogP) is 11.1. The monoisotopic (exact) mass is 814 g/mol. The van der Waals surface area contributed by atoms with Crippen molar-refractivity contribution >= 4 is 39.9 Å². The summed E-state index contributed by atoms with van der Waals surface area (Å²) in [7, 11) is 0. The topological polar surface area (TPSA) is 105 Å². The van der Waals surface area contributed by atoms with Crippen LogP contribution in [0, 0.1) is 0 Å². The Labute approximate surface area is 355 Å². The summed E-state index contributed by atoms with van der Waals surface area (Å²) in [5.41, 5.74) is 9.03. The summed E-state index contributed by atoms with van der Waals surface area (Å²) in [6, 6.07) is 56.8. The van der Waals surface area contributed by atoms with Crippen LogP contribution in [-0.4, -0.2) is 40.7 Å². The molecule has 0 bridgehead atoms. The molecule has 2 N–H and O–H groups in total. The van der Waals surface area contributed by atoms with Gasteiger partial charge >= 0.3 is 0 Å². The summed E-state index contributed by atoms with van der Waals surface area (Å²) < 4.78 is 0. The van der Waals surface area contributed by atoms with Crippen molar-refractivity contribution in [3.8, 4) is 56.0 Å². The van der Waals surface area contributed by atoms with Gasteiger partial charge in [-0.2, -0.15) is 0 Å². The van der Waals surface area contributed by atoms with Crippen LogP contribution in [0.15, 0.2) is 180 Å². The van der Waals surface area contributed by atoms with Crippen molar-refractivity contribution in [2.45, 2.75) is 32.9 Å². The van der Waals surface area contributed by atoms with Crippen LogP contribution in [0.25, 0.3) is 66.1 Å². The number of carboxylic acids is 1. The minimum absolute atomic E-state index is 0. The molecule has 293 valence electrons. The number of aromatic hydroxyl groups is 2. The van der Waals surface area contributed by atoms with Gasteiger partial charge in [-0.3, -0.25) is 9.98 Å². The second-order valence-corrected chi connectivity index (χ2v) is 14.2. The van der Waals surface area contributed by atoms with Crippen molar-refractivity contribution < 1.29 is 37.2 Å². The molecule has 8 rings (SSSR count). The first-order valence-electron chi connectivity index (χ1n) is 19.2. The van der Waals surface area contributed by atoms with Gasteiger partial charge in [-0.05, 0) is 87.8 Å². The first kappa shape index (κ1) is 41.8. The SMILES string of the molecule is CC(=O)[O-].C[C@@H](N=Cc1cc2ccccc2c(-c2ccccc2-c2ccccc2)c1O)[C@@H](C)N=Cc1cc2ccccc2c(-c2ccccc2-c2ccccc2)c1O.[Mn]. The largest absolute Gasteiger partial charge is 0.550 e. The molecule has 0 aromatic heterocycles. The number of carboxylic acid groups (broad SMARTS) is 1. The fraction of sp³-hybridized carbons (Fsp3) is 0.0962. The van der Waals surface area contributed by atoms with Crippen molar-refractivity contribution in [2.75, 3.05) is 0 Å². The fourth-order valence-electron chi connectivity index (χ4n) is 7.24. The summed E-state index contributed by atoms with van der Waals surface area (Å²) in [6.07, 6.45) is 3.53. The van der Waals surface area contributed by atoms with Crippen LogP contribution in [0.4, 0.5) is 0 Å². The molecule has 1 radical (unpaired) electrons. The number of aliphatic imine (C=N–C) groups is 2. The van der Waals surface area contributed by atoms with Gasteiger partial charge in [-0.1, -0.05) is 158 Å². The van der Waals surface area contributed by atoms with E-state index in [-0.39, 0.29) is 40.7 Å². The van der Waals surface area contributed by atoms with Crippen molar-refractivity contribution in [1.82, 2.24) is 0 Å². The van der Waals surface area contributed by atoms with E-state index in [2.05, 4.69) is 72.8 Å². The van der Waals surface area contributed by atoms with E-state index in [0.29, 0.717) is 11.1 Å². The molecule has 0 heterocycles. The van der Waals surface area contributed by atoms with E-state index in [0.717, 1.165) is 73.0 Å². The molecule has 0 aliphatic heterocycles. The zero-order chi connectivity index (χ0) is 40.6. The van der Waals surface area contributed by atoms with E-state index in [1.807, 2.05) is 111 Å². The molecule has 0 fully saturated rings. The molecule has 6 nitrogen and oxygen atoms in total. The molecular formula is C52H43MnN2O4-. The molecule has 0 aliphatic carbocycles. The number of carbonyl (C=O) groups excluding carboxylic acids is 1. The van der Waals surface area contributed by atoms with Gasteiger partial charge in [0.25, 0.3) is 0 Å². The van der Waals surface area contributed by atoms with Crippen molar-refractivity contribution in [2.24, 2.45) is 9.98 Å². The Morgan fingerprint density at radius 3 is 1.19 bits per heavy atom. The Kier molecular flexibility index (Phi) is 13.5. The Balaban J connectivity index is 0.00000112. The smallest absolute Gasteiger partial charge is 0.132 e. The number of aliphatic carboxylic acids is 1. The van der Waals surface area contributed by atoms with E-state index in [1.54, 1.807) is 12.4 Å². The molecule has 8 aromatic carbocycles. The van der Waals surface area contributed by atoms with Crippen LogP contribution in [-0.2, 0) is 21.9 Å². The molecule has 59 heavy (non-hydrogen) atoms. The summed E-state index contributed by atoms with van der Waals surface area (Å²) in [5, 5.41) is 36.7. The van der Waals surface area contributed by atoms with Crippen molar-refractivity contribution in [1.29, 1.82) is 0 Å². The molecule has 0 saturated heterocycles. The van der Waals surface area contributed by atoms with E-state index in [9.17, 15) is 10.2 Å². The van der Waals surface area contributed by atoms with Crippen LogP contribution >= 0.6 is 0 Å². The van der Waals surface area contributed by atoms with Crippen LogP contribution in [0.3, 0.4) is 0 Å². The number of fused-ring (bicyclic) bond motifs is 2. The molecule has 0 aliphatic rings. The number of rotatable bonds is 9. The second-order valence-electron chi connectivity index (χ2n) is 14.2. The number of hydrogen-bond donors (Lipinski definition) is 2. The van der Waals surface area contributed by atoms with Crippen LogP contribution in [0.5, 0.6) is 11.5 Å². The maximum absolute atomic E-state index is 11.9.